The van der Waals surface area contributed by atoms with Gasteiger partial charge in [-0.3, -0.25) is 4.72 Å². The molecule has 0 atom stereocenters. The van der Waals surface area contributed by atoms with Crippen LogP contribution in [0.4, 0.5) is 18.9 Å². The van der Waals surface area contributed by atoms with Crippen LogP contribution in [0.15, 0.2) is 66.1 Å². The molecule has 10 heteroatoms. The van der Waals surface area contributed by atoms with Crippen LogP contribution < -0.4 is 4.72 Å². The molecule has 26 heavy (non-hydrogen) atoms. The summed E-state index contributed by atoms with van der Waals surface area (Å²) in [4.78, 5) is 3.36. The predicted octanol–water partition coefficient (Wildman–Crippen LogP) is 3.15. The summed E-state index contributed by atoms with van der Waals surface area (Å²) in [5.41, 5.74) is 0.0748. The van der Waals surface area contributed by atoms with Gasteiger partial charge in [0.25, 0.3) is 10.0 Å². The van der Waals surface area contributed by atoms with Crippen molar-refractivity contribution in [3.8, 4) is 0 Å². The highest BCUT2D eigenvalue weighted by Crippen LogP contribution is 2.30. The Morgan fingerprint density at radius 1 is 1.08 bits per heavy atom. The van der Waals surface area contributed by atoms with E-state index in [9.17, 15) is 21.6 Å². The Morgan fingerprint density at radius 2 is 1.81 bits per heavy atom. The van der Waals surface area contributed by atoms with Gasteiger partial charge in [-0.1, -0.05) is 18.2 Å². The average molecular weight is 382 g/mol. The van der Waals surface area contributed by atoms with Gasteiger partial charge in [0.05, 0.1) is 17.0 Å². The number of hydrogen-bond donors (Lipinski definition) is 1. The second-order valence-corrected chi connectivity index (χ2v) is 7.10. The zero-order valence-corrected chi connectivity index (χ0v) is 14.0. The van der Waals surface area contributed by atoms with Crippen LogP contribution in [-0.2, 0) is 22.7 Å². The third kappa shape index (κ3) is 4.20. The van der Waals surface area contributed by atoms with E-state index in [1.807, 2.05) is 0 Å². The maximum absolute atomic E-state index is 12.8. The molecule has 0 aliphatic rings. The Morgan fingerprint density at radius 3 is 2.42 bits per heavy atom. The Kier molecular flexibility index (Phi) is 4.68. The molecule has 6 nitrogen and oxygen atoms in total. The van der Waals surface area contributed by atoms with Gasteiger partial charge in [0.1, 0.15) is 12.7 Å². The SMILES string of the molecule is O=S(=O)(Nc1ccc(Cn2cncn2)cc1)c1cccc(C(F)(F)F)c1. The van der Waals surface area contributed by atoms with E-state index < -0.39 is 26.7 Å². The number of benzene rings is 2. The van der Waals surface area contributed by atoms with Gasteiger partial charge in [0.2, 0.25) is 0 Å². The van der Waals surface area contributed by atoms with Crippen molar-refractivity contribution in [1.82, 2.24) is 14.8 Å². The number of nitrogens with zero attached hydrogens (tertiary/aromatic N) is 3. The van der Waals surface area contributed by atoms with Crippen molar-refractivity contribution < 1.29 is 21.6 Å². The summed E-state index contributed by atoms with van der Waals surface area (Å²) in [6.45, 7) is 0.459. The molecule has 0 saturated carbocycles. The number of rotatable bonds is 5. The van der Waals surface area contributed by atoms with Gasteiger partial charge >= 0.3 is 6.18 Å². The van der Waals surface area contributed by atoms with Crippen LogP contribution >= 0.6 is 0 Å². The van der Waals surface area contributed by atoms with Gasteiger partial charge in [-0.25, -0.2) is 18.1 Å². The first-order chi connectivity index (χ1) is 12.2. The van der Waals surface area contributed by atoms with Crippen molar-refractivity contribution in [2.24, 2.45) is 0 Å². The van der Waals surface area contributed by atoms with Crippen molar-refractivity contribution in [2.45, 2.75) is 17.6 Å². The van der Waals surface area contributed by atoms with Crippen LogP contribution in [0.5, 0.6) is 0 Å². The maximum atomic E-state index is 12.8. The molecular formula is C16H13F3N4O2S. The molecule has 3 rings (SSSR count). The number of halogens is 3. The highest BCUT2D eigenvalue weighted by molar-refractivity contribution is 7.92. The standard InChI is InChI=1S/C16H13F3N4O2S/c17-16(18,19)13-2-1-3-15(8-13)26(24,25)22-14-6-4-12(5-7-14)9-23-11-20-10-21-23/h1-8,10-11,22H,9H2. The summed E-state index contributed by atoms with van der Waals surface area (Å²) in [7, 11) is -4.14. The first-order valence-electron chi connectivity index (χ1n) is 7.35. The molecule has 0 saturated heterocycles. The lowest BCUT2D eigenvalue weighted by molar-refractivity contribution is -0.137. The Balaban J connectivity index is 1.77. The molecule has 136 valence electrons. The highest BCUT2D eigenvalue weighted by atomic mass is 32.2. The molecule has 0 aliphatic heterocycles. The molecule has 3 aromatic rings. The van der Waals surface area contributed by atoms with E-state index in [0.29, 0.717) is 12.6 Å². The second kappa shape index (κ2) is 6.79. The summed E-state index contributed by atoms with van der Waals surface area (Å²) in [6.07, 6.45) is -1.67. The summed E-state index contributed by atoms with van der Waals surface area (Å²) in [5, 5.41) is 3.96. The molecule has 0 unspecified atom stereocenters. The van der Waals surface area contributed by atoms with Crippen LogP contribution in [0.25, 0.3) is 0 Å². The van der Waals surface area contributed by atoms with Crippen molar-refractivity contribution in [2.75, 3.05) is 4.72 Å². The fraction of sp³-hybridized carbons (Fsp3) is 0.125. The van der Waals surface area contributed by atoms with Gasteiger partial charge in [0, 0.05) is 5.69 Å². The fourth-order valence-corrected chi connectivity index (χ4v) is 3.34. The van der Waals surface area contributed by atoms with E-state index in [1.54, 1.807) is 23.1 Å². The second-order valence-electron chi connectivity index (χ2n) is 5.42. The molecule has 0 radical (unpaired) electrons. The van der Waals surface area contributed by atoms with Crippen molar-refractivity contribution in [3.05, 3.63) is 72.3 Å². The molecule has 0 fully saturated rings. The van der Waals surface area contributed by atoms with Crippen LogP contribution in [0.3, 0.4) is 0 Å². The first-order valence-corrected chi connectivity index (χ1v) is 8.84. The molecule has 0 amide bonds. The van der Waals surface area contributed by atoms with Gasteiger partial charge in [-0.15, -0.1) is 0 Å². The largest absolute Gasteiger partial charge is 0.416 e. The quantitative estimate of drug-likeness (QED) is 0.736. The average Bonchev–Trinajstić information content (AvgIpc) is 3.09. The van der Waals surface area contributed by atoms with E-state index in [2.05, 4.69) is 14.8 Å². The van der Waals surface area contributed by atoms with E-state index >= 15 is 0 Å². The van der Waals surface area contributed by atoms with E-state index in [0.717, 1.165) is 23.8 Å². The normalized spacial score (nSPS) is 12.1. The number of anilines is 1. The summed E-state index contributed by atoms with van der Waals surface area (Å²) in [6, 6.07) is 10.0. The number of aromatic nitrogens is 3. The van der Waals surface area contributed by atoms with Gasteiger partial charge in [0.15, 0.2) is 0 Å². The summed E-state index contributed by atoms with van der Waals surface area (Å²) < 4.78 is 66.8. The summed E-state index contributed by atoms with van der Waals surface area (Å²) >= 11 is 0. The smallest absolute Gasteiger partial charge is 0.280 e. The number of nitrogens with one attached hydrogen (secondary N) is 1. The molecular weight excluding hydrogens is 369 g/mol. The summed E-state index contributed by atoms with van der Waals surface area (Å²) in [5.74, 6) is 0. The maximum Gasteiger partial charge on any atom is 0.416 e. The van der Waals surface area contributed by atoms with Crippen LogP contribution in [-0.4, -0.2) is 23.2 Å². The lowest BCUT2D eigenvalue weighted by atomic mass is 10.2. The van der Waals surface area contributed by atoms with Gasteiger partial charge in [-0.2, -0.15) is 18.3 Å². The Hall–Kier alpha value is -2.88. The van der Waals surface area contributed by atoms with Gasteiger partial charge in [-0.05, 0) is 35.9 Å². The minimum absolute atomic E-state index is 0.241. The zero-order chi connectivity index (χ0) is 18.8. The van der Waals surface area contributed by atoms with Crippen molar-refractivity contribution in [1.29, 1.82) is 0 Å². The van der Waals surface area contributed by atoms with Crippen LogP contribution in [0.1, 0.15) is 11.1 Å². The van der Waals surface area contributed by atoms with E-state index in [4.69, 9.17) is 0 Å². The van der Waals surface area contributed by atoms with E-state index in [1.165, 1.54) is 18.5 Å². The van der Waals surface area contributed by atoms with Gasteiger partial charge < -0.3 is 0 Å². The first kappa shape index (κ1) is 17.9. The van der Waals surface area contributed by atoms with E-state index in [-0.39, 0.29) is 5.69 Å². The topological polar surface area (TPSA) is 76.9 Å². The molecule has 0 aliphatic carbocycles. The Bertz CT molecular complexity index is 985. The third-order valence-electron chi connectivity index (χ3n) is 3.49. The van der Waals surface area contributed by atoms with Crippen LogP contribution in [0.2, 0.25) is 0 Å². The molecule has 2 aromatic carbocycles. The molecule has 0 spiro atoms. The zero-order valence-electron chi connectivity index (χ0n) is 13.2. The van der Waals surface area contributed by atoms with Crippen molar-refractivity contribution in [3.63, 3.8) is 0 Å². The number of hydrogen-bond acceptors (Lipinski definition) is 4. The monoisotopic (exact) mass is 382 g/mol. The lowest BCUT2D eigenvalue weighted by Crippen LogP contribution is -2.14. The molecule has 0 bridgehead atoms. The molecule has 1 N–H and O–H groups in total. The third-order valence-corrected chi connectivity index (χ3v) is 4.87. The molecule has 1 aromatic heterocycles. The predicted molar refractivity (Wildman–Crippen MR) is 87.8 cm³/mol. The fourth-order valence-electron chi connectivity index (χ4n) is 2.23. The highest BCUT2D eigenvalue weighted by Gasteiger charge is 2.31. The number of sulfonamides is 1. The number of alkyl halides is 3. The minimum Gasteiger partial charge on any atom is -0.280 e. The molecule has 1 heterocycles. The van der Waals surface area contributed by atoms with Crippen molar-refractivity contribution >= 4 is 15.7 Å². The lowest BCUT2D eigenvalue weighted by Gasteiger charge is -2.11. The Labute approximate surface area is 147 Å². The van der Waals surface area contributed by atoms with Crippen LogP contribution in [0, 0.1) is 0 Å². The minimum atomic E-state index is -4.62.